The number of hydrogen-bond acceptors (Lipinski definition) is 5. The highest BCUT2D eigenvalue weighted by molar-refractivity contribution is 7.91. The Balaban J connectivity index is 2.17. The fourth-order valence-corrected chi connectivity index (χ4v) is 3.55. The van der Waals surface area contributed by atoms with E-state index < -0.39 is 9.84 Å². The van der Waals surface area contributed by atoms with Gasteiger partial charge >= 0.3 is 0 Å². The fraction of sp³-hybridized carbons (Fsp3) is 0.364. The molecule has 6 heteroatoms. The number of anilines is 2. The molecule has 1 saturated heterocycles. The van der Waals surface area contributed by atoms with E-state index in [1.807, 2.05) is 6.07 Å². The molecule has 1 aromatic rings. The molecule has 90 valence electrons. The third kappa shape index (κ3) is 2.68. The quantitative estimate of drug-likeness (QED) is 0.756. The summed E-state index contributed by atoms with van der Waals surface area (Å²) in [5, 5.41) is 11.9. The van der Waals surface area contributed by atoms with Gasteiger partial charge in [0.1, 0.15) is 0 Å². The normalized spacial score (nSPS) is 21.9. The minimum Gasteiger partial charge on any atom is -0.397 e. The van der Waals surface area contributed by atoms with E-state index in [2.05, 4.69) is 5.32 Å². The Labute approximate surface area is 100 Å². The van der Waals surface area contributed by atoms with Gasteiger partial charge in [-0.3, -0.25) is 0 Å². The second-order valence-corrected chi connectivity index (χ2v) is 6.39. The Hall–Kier alpha value is -1.74. The SMILES string of the molecule is N#Cc1ccc(N)c(NC2CCS(=O)(=O)C2)c1. The van der Waals surface area contributed by atoms with Gasteiger partial charge in [-0.05, 0) is 24.6 Å². The van der Waals surface area contributed by atoms with E-state index in [1.54, 1.807) is 18.2 Å². The van der Waals surface area contributed by atoms with E-state index in [1.165, 1.54) is 0 Å². The largest absolute Gasteiger partial charge is 0.397 e. The minimum atomic E-state index is -2.91. The maximum atomic E-state index is 11.3. The van der Waals surface area contributed by atoms with Crippen LogP contribution in [0.4, 0.5) is 11.4 Å². The summed E-state index contributed by atoms with van der Waals surface area (Å²) in [4.78, 5) is 0. The number of nitriles is 1. The maximum Gasteiger partial charge on any atom is 0.152 e. The summed E-state index contributed by atoms with van der Waals surface area (Å²) in [7, 11) is -2.91. The molecule has 1 aliphatic rings. The zero-order valence-corrected chi connectivity index (χ0v) is 10.00. The number of sulfone groups is 1. The third-order valence-electron chi connectivity index (χ3n) is 2.77. The number of nitrogens with one attached hydrogen (secondary N) is 1. The van der Waals surface area contributed by atoms with Crippen LogP contribution in [0.15, 0.2) is 18.2 Å². The number of benzene rings is 1. The molecule has 1 aromatic carbocycles. The first-order chi connectivity index (χ1) is 8.00. The minimum absolute atomic E-state index is 0.115. The van der Waals surface area contributed by atoms with Crippen molar-refractivity contribution in [3.63, 3.8) is 0 Å². The highest BCUT2D eigenvalue weighted by Crippen LogP contribution is 2.23. The fourth-order valence-electron chi connectivity index (χ4n) is 1.88. The second-order valence-electron chi connectivity index (χ2n) is 4.16. The highest BCUT2D eigenvalue weighted by atomic mass is 32.2. The van der Waals surface area contributed by atoms with Crippen LogP contribution < -0.4 is 11.1 Å². The molecule has 1 fully saturated rings. The van der Waals surface area contributed by atoms with E-state index in [4.69, 9.17) is 11.0 Å². The predicted octanol–water partition coefficient (Wildman–Crippen LogP) is 0.739. The van der Waals surface area contributed by atoms with Crippen LogP contribution in [-0.4, -0.2) is 26.0 Å². The van der Waals surface area contributed by atoms with Gasteiger partial charge in [0.05, 0.1) is 34.5 Å². The highest BCUT2D eigenvalue weighted by Gasteiger charge is 2.27. The third-order valence-corrected chi connectivity index (χ3v) is 4.54. The smallest absolute Gasteiger partial charge is 0.152 e. The van der Waals surface area contributed by atoms with Gasteiger partial charge in [-0.15, -0.1) is 0 Å². The zero-order chi connectivity index (χ0) is 12.5. The van der Waals surface area contributed by atoms with E-state index in [-0.39, 0.29) is 17.5 Å². The van der Waals surface area contributed by atoms with Gasteiger partial charge < -0.3 is 11.1 Å². The Morgan fingerprint density at radius 2 is 2.24 bits per heavy atom. The van der Waals surface area contributed by atoms with E-state index in [9.17, 15) is 8.42 Å². The van der Waals surface area contributed by atoms with Gasteiger partial charge in [0.25, 0.3) is 0 Å². The van der Waals surface area contributed by atoms with Crippen molar-refractivity contribution in [2.75, 3.05) is 22.6 Å². The van der Waals surface area contributed by atoms with Crippen LogP contribution in [0.3, 0.4) is 0 Å². The lowest BCUT2D eigenvalue weighted by atomic mass is 10.1. The van der Waals surface area contributed by atoms with Crippen LogP contribution in [0.1, 0.15) is 12.0 Å². The lowest BCUT2D eigenvalue weighted by Crippen LogP contribution is -2.21. The molecule has 1 aliphatic heterocycles. The summed E-state index contributed by atoms with van der Waals surface area (Å²) >= 11 is 0. The van der Waals surface area contributed by atoms with Crippen molar-refractivity contribution in [1.29, 1.82) is 5.26 Å². The van der Waals surface area contributed by atoms with Crippen molar-refractivity contribution in [3.8, 4) is 6.07 Å². The van der Waals surface area contributed by atoms with E-state index in [0.717, 1.165) is 0 Å². The lowest BCUT2D eigenvalue weighted by molar-refractivity contribution is 0.602. The number of hydrogen-bond donors (Lipinski definition) is 2. The molecule has 2 rings (SSSR count). The van der Waals surface area contributed by atoms with Crippen LogP contribution >= 0.6 is 0 Å². The van der Waals surface area contributed by atoms with Crippen LogP contribution in [0.25, 0.3) is 0 Å². The standard InChI is InChI=1S/C11H13N3O2S/c12-6-8-1-2-10(13)11(5-8)14-9-3-4-17(15,16)7-9/h1-2,5,9,14H,3-4,7,13H2. The lowest BCUT2D eigenvalue weighted by Gasteiger charge is -2.14. The molecule has 0 spiro atoms. The molecule has 0 saturated carbocycles. The molecule has 0 radical (unpaired) electrons. The van der Waals surface area contributed by atoms with Crippen molar-refractivity contribution >= 4 is 21.2 Å². The van der Waals surface area contributed by atoms with Gasteiger partial charge in [0.15, 0.2) is 9.84 Å². The van der Waals surface area contributed by atoms with Crippen LogP contribution in [0.2, 0.25) is 0 Å². The van der Waals surface area contributed by atoms with Crippen molar-refractivity contribution in [3.05, 3.63) is 23.8 Å². The predicted molar refractivity (Wildman–Crippen MR) is 66.3 cm³/mol. The molecule has 1 unspecified atom stereocenters. The van der Waals surface area contributed by atoms with Crippen LogP contribution in [0.5, 0.6) is 0 Å². The average molecular weight is 251 g/mol. The van der Waals surface area contributed by atoms with Gasteiger partial charge in [0.2, 0.25) is 0 Å². The molecule has 1 heterocycles. The van der Waals surface area contributed by atoms with Crippen molar-refractivity contribution in [1.82, 2.24) is 0 Å². The van der Waals surface area contributed by atoms with Crippen LogP contribution in [0, 0.1) is 11.3 Å². The van der Waals surface area contributed by atoms with Gasteiger partial charge in [-0.25, -0.2) is 8.42 Å². The molecule has 0 bridgehead atoms. The summed E-state index contributed by atoms with van der Waals surface area (Å²) < 4.78 is 22.6. The van der Waals surface area contributed by atoms with Crippen molar-refractivity contribution < 1.29 is 8.42 Å². The summed E-state index contributed by atoms with van der Waals surface area (Å²) in [6.07, 6.45) is 0.582. The number of rotatable bonds is 2. The molecule has 0 amide bonds. The van der Waals surface area contributed by atoms with Crippen molar-refractivity contribution in [2.45, 2.75) is 12.5 Å². The molecular formula is C11H13N3O2S. The molecule has 17 heavy (non-hydrogen) atoms. The average Bonchev–Trinajstić information content (AvgIpc) is 2.61. The first kappa shape index (κ1) is 11.7. The Morgan fingerprint density at radius 1 is 1.47 bits per heavy atom. The maximum absolute atomic E-state index is 11.3. The first-order valence-electron chi connectivity index (χ1n) is 5.27. The van der Waals surface area contributed by atoms with Gasteiger partial charge in [0, 0.05) is 6.04 Å². The topological polar surface area (TPSA) is 96.0 Å². The van der Waals surface area contributed by atoms with Crippen LogP contribution in [-0.2, 0) is 9.84 Å². The molecule has 0 aromatic heterocycles. The second kappa shape index (κ2) is 4.26. The number of nitrogen functional groups attached to an aromatic ring is 1. The summed E-state index contributed by atoms with van der Waals surface area (Å²) in [6.45, 7) is 0. The summed E-state index contributed by atoms with van der Waals surface area (Å²) in [5.41, 5.74) is 7.42. The molecule has 5 nitrogen and oxygen atoms in total. The molecular weight excluding hydrogens is 238 g/mol. The van der Waals surface area contributed by atoms with Crippen molar-refractivity contribution in [2.24, 2.45) is 0 Å². The van der Waals surface area contributed by atoms with Gasteiger partial charge in [-0.1, -0.05) is 0 Å². The van der Waals surface area contributed by atoms with E-state index in [0.29, 0.717) is 23.4 Å². The van der Waals surface area contributed by atoms with Gasteiger partial charge in [-0.2, -0.15) is 5.26 Å². The Kier molecular flexibility index (Phi) is 2.94. The summed E-state index contributed by atoms with van der Waals surface area (Å²) in [5.74, 6) is 0.339. The molecule has 1 atom stereocenters. The first-order valence-corrected chi connectivity index (χ1v) is 7.09. The number of nitrogens with two attached hydrogens (primary N) is 1. The van der Waals surface area contributed by atoms with E-state index >= 15 is 0 Å². The Bertz CT molecular complexity index is 575. The number of nitrogens with zero attached hydrogens (tertiary/aromatic N) is 1. The molecule has 3 N–H and O–H groups in total. The monoisotopic (exact) mass is 251 g/mol. The zero-order valence-electron chi connectivity index (χ0n) is 9.18. The molecule has 0 aliphatic carbocycles. The summed E-state index contributed by atoms with van der Waals surface area (Å²) in [6, 6.07) is 6.82. The Morgan fingerprint density at radius 3 is 2.82 bits per heavy atom.